The molecular weight excluding hydrogens is 352 g/mol. The van der Waals surface area contributed by atoms with Crippen LogP contribution in [0.2, 0.25) is 0 Å². The Bertz CT molecular complexity index is 620. The van der Waals surface area contributed by atoms with E-state index in [0.29, 0.717) is 57.3 Å². The van der Waals surface area contributed by atoms with Gasteiger partial charge in [0, 0.05) is 51.5 Å². The second-order valence-corrected chi connectivity index (χ2v) is 6.11. The number of carbonyl (C=O) groups is 1. The number of hydrogen-bond acceptors (Lipinski definition) is 7. The molecule has 4 N–H and O–H groups in total. The third kappa shape index (κ3) is 7.41. The summed E-state index contributed by atoms with van der Waals surface area (Å²) in [5.74, 6) is 0.661. The van der Waals surface area contributed by atoms with Crippen LogP contribution in [0.25, 0.3) is 0 Å². The molecule has 0 aromatic heterocycles. The molecule has 9 heteroatoms. The number of carbonyl (C=O) groups excluding carboxylic acids is 1. The lowest BCUT2D eigenvalue weighted by Gasteiger charge is -2.27. The molecule has 0 spiro atoms. The highest BCUT2D eigenvalue weighted by Crippen LogP contribution is 2.21. The molecule has 9 nitrogen and oxygen atoms in total. The van der Waals surface area contributed by atoms with Crippen molar-refractivity contribution in [1.82, 2.24) is 15.5 Å². The van der Waals surface area contributed by atoms with Crippen LogP contribution in [0.4, 0.5) is 4.79 Å². The summed E-state index contributed by atoms with van der Waals surface area (Å²) < 4.78 is 10.7. The first-order valence-corrected chi connectivity index (χ1v) is 8.97. The normalized spacial score (nSPS) is 15.7. The number of phenolic OH excluding ortho intramolecular Hbond substituents is 1. The lowest BCUT2D eigenvalue weighted by molar-refractivity contribution is 0.0532. The smallest absolute Gasteiger partial charge is 0.317 e. The summed E-state index contributed by atoms with van der Waals surface area (Å²) in [7, 11) is 1.62. The summed E-state index contributed by atoms with van der Waals surface area (Å²) in [4.78, 5) is 17.5. The Morgan fingerprint density at radius 3 is 2.93 bits per heavy atom. The minimum atomic E-state index is -0.697. The Morgan fingerprint density at radius 1 is 1.41 bits per heavy atom. The molecule has 0 saturated carbocycles. The van der Waals surface area contributed by atoms with Crippen molar-refractivity contribution in [3.63, 3.8) is 0 Å². The van der Waals surface area contributed by atoms with Crippen LogP contribution in [0.15, 0.2) is 23.2 Å². The van der Waals surface area contributed by atoms with E-state index in [-0.39, 0.29) is 18.4 Å². The van der Waals surface area contributed by atoms with Crippen molar-refractivity contribution in [2.75, 3.05) is 59.6 Å². The van der Waals surface area contributed by atoms with Crippen molar-refractivity contribution < 1.29 is 24.5 Å². The van der Waals surface area contributed by atoms with Gasteiger partial charge in [0.2, 0.25) is 0 Å². The van der Waals surface area contributed by atoms with Gasteiger partial charge in [-0.3, -0.25) is 4.99 Å². The predicted octanol–water partition coefficient (Wildman–Crippen LogP) is -0.188. The number of hydrogen-bond donors (Lipinski definition) is 4. The monoisotopic (exact) mass is 380 g/mol. The molecule has 1 aromatic carbocycles. The van der Waals surface area contributed by atoms with E-state index in [0.717, 1.165) is 0 Å². The summed E-state index contributed by atoms with van der Waals surface area (Å²) >= 11 is 0. The molecule has 0 bridgehead atoms. The summed E-state index contributed by atoms with van der Waals surface area (Å²) in [6.07, 6.45) is 0.836. The van der Waals surface area contributed by atoms with Crippen LogP contribution in [0.1, 0.15) is 5.56 Å². The number of aliphatic hydroxyl groups is 1. The molecule has 1 heterocycles. The third-order valence-electron chi connectivity index (χ3n) is 3.97. The maximum Gasteiger partial charge on any atom is 0.317 e. The van der Waals surface area contributed by atoms with Crippen LogP contribution in [0.5, 0.6) is 11.5 Å². The zero-order valence-electron chi connectivity index (χ0n) is 15.6. The van der Waals surface area contributed by atoms with E-state index in [1.165, 1.54) is 12.3 Å². The zero-order valence-corrected chi connectivity index (χ0v) is 15.6. The van der Waals surface area contributed by atoms with Crippen LogP contribution in [0, 0.1) is 0 Å². The molecule has 0 unspecified atom stereocenters. The van der Waals surface area contributed by atoms with Crippen LogP contribution in [0.3, 0.4) is 0 Å². The van der Waals surface area contributed by atoms with Crippen molar-refractivity contribution in [3.8, 4) is 11.5 Å². The lowest BCUT2D eigenvalue weighted by atomic mass is 10.2. The lowest BCUT2D eigenvalue weighted by Crippen LogP contribution is -2.47. The fraction of sp³-hybridized carbons (Fsp3) is 0.556. The van der Waals surface area contributed by atoms with Crippen molar-refractivity contribution in [2.45, 2.75) is 6.10 Å². The van der Waals surface area contributed by atoms with Gasteiger partial charge in [-0.2, -0.15) is 0 Å². The number of amides is 2. The highest BCUT2D eigenvalue weighted by atomic mass is 16.5. The van der Waals surface area contributed by atoms with Gasteiger partial charge in [-0.1, -0.05) is 0 Å². The fourth-order valence-electron chi connectivity index (χ4n) is 2.52. The van der Waals surface area contributed by atoms with Gasteiger partial charge < -0.3 is 35.2 Å². The molecule has 0 radical (unpaired) electrons. The van der Waals surface area contributed by atoms with Crippen LogP contribution < -0.4 is 15.4 Å². The minimum absolute atomic E-state index is 0.0947. The van der Waals surface area contributed by atoms with Crippen LogP contribution in [-0.4, -0.2) is 93.1 Å². The number of ether oxygens (including phenoxy) is 2. The van der Waals surface area contributed by atoms with Gasteiger partial charge in [0.1, 0.15) is 24.2 Å². The molecule has 1 fully saturated rings. The van der Waals surface area contributed by atoms with E-state index < -0.39 is 6.10 Å². The van der Waals surface area contributed by atoms with Crippen LogP contribution >= 0.6 is 0 Å². The summed E-state index contributed by atoms with van der Waals surface area (Å²) in [6, 6.07) is 4.71. The molecule has 1 aliphatic heterocycles. The predicted molar refractivity (Wildman–Crippen MR) is 102 cm³/mol. The first kappa shape index (κ1) is 20.9. The van der Waals surface area contributed by atoms with Crippen molar-refractivity contribution in [2.24, 2.45) is 4.99 Å². The van der Waals surface area contributed by atoms with E-state index in [1.807, 2.05) is 0 Å². The highest BCUT2D eigenvalue weighted by molar-refractivity contribution is 5.83. The first-order chi connectivity index (χ1) is 13.1. The Balaban J connectivity index is 1.59. The molecule has 2 amide bonds. The van der Waals surface area contributed by atoms with Gasteiger partial charge in [-0.05, 0) is 18.2 Å². The molecule has 2 rings (SSSR count). The number of aliphatic imine (C=N–C) groups is 1. The standard InChI is InChI=1S/C18H28N4O5/c1-19-11-14-10-16(2-3-17(14)24)27-13-15(23)12-20-4-5-21-18(25)22-6-8-26-9-7-22/h2-3,10-11,15,20,23-24H,4-9,12-13H2,1H3,(H,21,25)/b19-11-/t15-/m0/s1. The van der Waals surface area contributed by atoms with E-state index >= 15 is 0 Å². The SMILES string of the molecule is C/N=C\c1cc(OC[C@@H](O)CNCCNC(=O)N2CCOCC2)ccc1O. The van der Waals surface area contributed by atoms with Crippen molar-refractivity contribution in [1.29, 1.82) is 0 Å². The largest absolute Gasteiger partial charge is 0.507 e. The van der Waals surface area contributed by atoms with E-state index in [4.69, 9.17) is 9.47 Å². The average Bonchev–Trinajstić information content (AvgIpc) is 2.69. The molecule has 1 saturated heterocycles. The van der Waals surface area contributed by atoms with Gasteiger partial charge in [0.05, 0.1) is 13.2 Å². The number of morpholine rings is 1. The van der Waals surface area contributed by atoms with Crippen molar-refractivity contribution in [3.05, 3.63) is 23.8 Å². The minimum Gasteiger partial charge on any atom is -0.507 e. The number of rotatable bonds is 9. The number of benzene rings is 1. The number of aliphatic hydroxyl groups excluding tert-OH is 1. The topological polar surface area (TPSA) is 116 Å². The second-order valence-electron chi connectivity index (χ2n) is 6.11. The van der Waals surface area contributed by atoms with E-state index in [2.05, 4.69) is 15.6 Å². The third-order valence-corrected chi connectivity index (χ3v) is 3.97. The van der Waals surface area contributed by atoms with Gasteiger partial charge in [0.25, 0.3) is 0 Å². The van der Waals surface area contributed by atoms with Gasteiger partial charge in [-0.25, -0.2) is 4.79 Å². The molecule has 27 heavy (non-hydrogen) atoms. The highest BCUT2D eigenvalue weighted by Gasteiger charge is 2.15. The quantitative estimate of drug-likeness (QED) is 0.349. The number of urea groups is 1. The van der Waals surface area contributed by atoms with E-state index in [1.54, 1.807) is 24.1 Å². The Kier molecular flexibility index (Phi) is 8.82. The summed E-state index contributed by atoms with van der Waals surface area (Å²) in [6.45, 7) is 3.84. The molecule has 1 aromatic rings. The van der Waals surface area contributed by atoms with Crippen LogP contribution in [-0.2, 0) is 4.74 Å². The maximum atomic E-state index is 11.9. The van der Waals surface area contributed by atoms with Gasteiger partial charge >= 0.3 is 6.03 Å². The molecule has 1 aliphatic rings. The van der Waals surface area contributed by atoms with Gasteiger partial charge in [-0.15, -0.1) is 0 Å². The maximum absolute atomic E-state index is 11.9. The number of nitrogens with one attached hydrogen (secondary N) is 2. The number of phenols is 1. The van der Waals surface area contributed by atoms with E-state index in [9.17, 15) is 15.0 Å². The first-order valence-electron chi connectivity index (χ1n) is 8.97. The zero-order chi connectivity index (χ0) is 19.5. The fourth-order valence-corrected chi connectivity index (χ4v) is 2.52. The Labute approximate surface area is 159 Å². The van der Waals surface area contributed by atoms with Crippen molar-refractivity contribution >= 4 is 12.2 Å². The van der Waals surface area contributed by atoms with Gasteiger partial charge in [0.15, 0.2) is 0 Å². The molecule has 0 aliphatic carbocycles. The number of nitrogens with zero attached hydrogens (tertiary/aromatic N) is 2. The summed E-state index contributed by atoms with van der Waals surface area (Å²) in [5.41, 5.74) is 0.554. The second kappa shape index (κ2) is 11.4. The Hall–Kier alpha value is -2.36. The number of aromatic hydroxyl groups is 1. The Morgan fingerprint density at radius 2 is 2.19 bits per heavy atom. The molecule has 150 valence electrons. The molecule has 1 atom stereocenters. The average molecular weight is 380 g/mol. The molecular formula is C18H28N4O5. The summed E-state index contributed by atoms with van der Waals surface area (Å²) in [5, 5.41) is 25.6.